The Morgan fingerprint density at radius 2 is 2.00 bits per heavy atom. The molecule has 1 aliphatic rings. The molecule has 1 amide bonds. The van der Waals surface area contributed by atoms with Crippen molar-refractivity contribution in [3.8, 4) is 0 Å². The number of ether oxygens (including phenoxy) is 1. The van der Waals surface area contributed by atoms with Gasteiger partial charge in [-0.15, -0.1) is 0 Å². The number of hydrogen-bond acceptors (Lipinski definition) is 3. The van der Waals surface area contributed by atoms with E-state index in [0.717, 1.165) is 34.9 Å². The summed E-state index contributed by atoms with van der Waals surface area (Å²) in [5.74, 6) is -0.521. The van der Waals surface area contributed by atoms with Crippen molar-refractivity contribution in [2.24, 2.45) is 13.0 Å². The number of aryl methyl sites for hydroxylation is 1. The third-order valence-corrected chi connectivity index (χ3v) is 6.56. The fourth-order valence-electron chi connectivity index (χ4n) is 4.74. The van der Waals surface area contributed by atoms with Gasteiger partial charge in [0.15, 0.2) is 0 Å². The van der Waals surface area contributed by atoms with Gasteiger partial charge < -0.3 is 14.2 Å². The highest BCUT2D eigenvalue weighted by atomic mass is 35.5. The average Bonchev–Trinajstić information content (AvgIpc) is 3.14. The quantitative estimate of drug-likeness (QED) is 0.485. The Hall–Kier alpha value is -2.79. The van der Waals surface area contributed by atoms with Gasteiger partial charge in [-0.3, -0.25) is 9.59 Å². The maximum atomic E-state index is 13.4. The number of piperidine rings is 1. The summed E-state index contributed by atoms with van der Waals surface area (Å²) in [5.41, 5.74) is 3.25. The van der Waals surface area contributed by atoms with E-state index < -0.39 is 0 Å². The monoisotopic (exact) mass is 452 g/mol. The summed E-state index contributed by atoms with van der Waals surface area (Å²) in [6, 6.07) is 16.0. The van der Waals surface area contributed by atoms with Gasteiger partial charge in [0.25, 0.3) is 0 Å². The number of benzene rings is 2. The van der Waals surface area contributed by atoms with Crippen LogP contribution in [0.15, 0.2) is 54.7 Å². The lowest BCUT2D eigenvalue weighted by molar-refractivity contribution is -0.151. The van der Waals surface area contributed by atoms with E-state index in [2.05, 4.69) is 22.9 Å². The van der Waals surface area contributed by atoms with Crippen LogP contribution < -0.4 is 0 Å². The Balaban J connectivity index is 1.64. The van der Waals surface area contributed by atoms with Crippen molar-refractivity contribution in [3.63, 3.8) is 0 Å². The molecule has 0 radical (unpaired) electrons. The number of halogens is 1. The lowest BCUT2D eigenvalue weighted by Gasteiger charge is -2.32. The van der Waals surface area contributed by atoms with Gasteiger partial charge >= 0.3 is 5.97 Å². The molecule has 3 aromatic rings. The number of carbonyl (C=O) groups is 2. The van der Waals surface area contributed by atoms with E-state index in [1.807, 2.05) is 55.3 Å². The van der Waals surface area contributed by atoms with E-state index in [9.17, 15) is 9.59 Å². The number of nitrogens with zero attached hydrogens (tertiary/aromatic N) is 2. The van der Waals surface area contributed by atoms with Gasteiger partial charge in [0.1, 0.15) is 0 Å². The molecule has 6 heteroatoms. The zero-order chi connectivity index (χ0) is 22.7. The Bertz CT molecular complexity index is 1120. The average molecular weight is 453 g/mol. The van der Waals surface area contributed by atoms with Gasteiger partial charge in [0.05, 0.1) is 12.5 Å². The number of likely N-dealkylation sites (tertiary alicyclic amines) is 1. The maximum Gasteiger partial charge on any atom is 0.310 e. The first kappa shape index (κ1) is 22.4. The number of amides is 1. The van der Waals surface area contributed by atoms with Gasteiger partial charge in [-0.2, -0.15) is 0 Å². The van der Waals surface area contributed by atoms with E-state index in [4.69, 9.17) is 16.3 Å². The van der Waals surface area contributed by atoms with Crippen LogP contribution in [0.1, 0.15) is 43.2 Å². The van der Waals surface area contributed by atoms with E-state index in [-0.39, 0.29) is 23.7 Å². The number of fused-ring (bicyclic) bond motifs is 1. The molecule has 0 spiro atoms. The highest BCUT2D eigenvalue weighted by Crippen LogP contribution is 2.36. The first-order chi connectivity index (χ1) is 15.5. The molecule has 5 nitrogen and oxygen atoms in total. The number of aromatic nitrogens is 1. The van der Waals surface area contributed by atoms with Crippen molar-refractivity contribution in [3.05, 3.63) is 70.9 Å². The third-order valence-electron chi connectivity index (χ3n) is 6.33. The molecular weight excluding hydrogens is 424 g/mol. The number of para-hydroxylation sites is 1. The molecule has 4 rings (SSSR count). The molecule has 0 N–H and O–H groups in total. The van der Waals surface area contributed by atoms with Crippen LogP contribution in [0.2, 0.25) is 5.02 Å². The highest BCUT2D eigenvalue weighted by molar-refractivity contribution is 6.30. The molecule has 2 aromatic carbocycles. The van der Waals surface area contributed by atoms with E-state index in [1.54, 1.807) is 0 Å². The summed E-state index contributed by atoms with van der Waals surface area (Å²) >= 11 is 6.32. The van der Waals surface area contributed by atoms with E-state index in [1.165, 1.54) is 0 Å². The summed E-state index contributed by atoms with van der Waals surface area (Å²) in [4.78, 5) is 27.5. The third kappa shape index (κ3) is 4.68. The Labute approximate surface area is 193 Å². The highest BCUT2D eigenvalue weighted by Gasteiger charge is 2.31. The van der Waals surface area contributed by atoms with E-state index in [0.29, 0.717) is 31.1 Å². The van der Waals surface area contributed by atoms with Crippen LogP contribution in [-0.4, -0.2) is 41.0 Å². The molecule has 0 bridgehead atoms. The van der Waals surface area contributed by atoms with Crippen LogP contribution in [-0.2, 0) is 21.4 Å². The maximum absolute atomic E-state index is 13.4. The van der Waals surface area contributed by atoms with Crippen LogP contribution >= 0.6 is 11.6 Å². The van der Waals surface area contributed by atoms with Crippen LogP contribution in [0.3, 0.4) is 0 Å². The van der Waals surface area contributed by atoms with Crippen LogP contribution in [0.4, 0.5) is 0 Å². The minimum Gasteiger partial charge on any atom is -0.466 e. The molecule has 0 aliphatic carbocycles. The summed E-state index contributed by atoms with van der Waals surface area (Å²) in [7, 11) is 2.03. The minimum atomic E-state index is -0.241. The van der Waals surface area contributed by atoms with Gasteiger partial charge in [-0.1, -0.05) is 41.9 Å². The lowest BCUT2D eigenvalue weighted by Crippen LogP contribution is -2.43. The molecule has 1 aliphatic heterocycles. The van der Waals surface area contributed by atoms with Crippen molar-refractivity contribution in [1.82, 2.24) is 9.47 Å². The molecule has 1 aromatic heterocycles. The van der Waals surface area contributed by atoms with Gasteiger partial charge in [-0.05, 0) is 49.1 Å². The molecule has 0 saturated carbocycles. The largest absolute Gasteiger partial charge is 0.466 e. The first-order valence-electron chi connectivity index (χ1n) is 11.2. The van der Waals surface area contributed by atoms with Crippen molar-refractivity contribution in [1.29, 1.82) is 0 Å². The fraction of sp³-hybridized carbons (Fsp3) is 0.385. The molecule has 1 saturated heterocycles. The van der Waals surface area contributed by atoms with Gasteiger partial charge in [-0.25, -0.2) is 0 Å². The van der Waals surface area contributed by atoms with Crippen molar-refractivity contribution in [2.45, 2.75) is 32.1 Å². The number of rotatable bonds is 6. The Morgan fingerprint density at radius 3 is 2.78 bits per heavy atom. The second-order valence-corrected chi connectivity index (χ2v) is 8.89. The standard InChI is InChI=1S/C26H29ClN2O3/c1-3-32-26(31)19-9-7-13-29(16-19)25(30)15-22(18-8-6-10-20(27)14-18)23-17-28(2)24-12-5-4-11-21(23)24/h4-6,8,10-12,14,17,19,22H,3,7,9,13,15-16H2,1-2H3. The van der Waals surface area contributed by atoms with Gasteiger partial charge in [0.2, 0.25) is 5.91 Å². The molecule has 32 heavy (non-hydrogen) atoms. The normalized spacial score (nSPS) is 17.3. The topological polar surface area (TPSA) is 51.5 Å². The molecule has 2 unspecified atom stereocenters. The summed E-state index contributed by atoms with van der Waals surface area (Å²) < 4.78 is 7.30. The molecular formula is C26H29ClN2O3. The first-order valence-corrected chi connectivity index (χ1v) is 11.6. The Kier molecular flexibility index (Phi) is 6.85. The lowest BCUT2D eigenvalue weighted by atomic mass is 9.87. The van der Waals surface area contributed by atoms with Crippen LogP contribution in [0.25, 0.3) is 10.9 Å². The predicted molar refractivity (Wildman–Crippen MR) is 127 cm³/mol. The molecule has 2 atom stereocenters. The van der Waals surface area contributed by atoms with Crippen molar-refractivity contribution < 1.29 is 14.3 Å². The molecule has 2 heterocycles. The Morgan fingerprint density at radius 1 is 1.19 bits per heavy atom. The van der Waals surface area contributed by atoms with Crippen molar-refractivity contribution in [2.75, 3.05) is 19.7 Å². The minimum absolute atomic E-state index is 0.0527. The van der Waals surface area contributed by atoms with Crippen LogP contribution in [0.5, 0.6) is 0 Å². The van der Waals surface area contributed by atoms with E-state index >= 15 is 0 Å². The van der Waals surface area contributed by atoms with Crippen LogP contribution in [0, 0.1) is 5.92 Å². The summed E-state index contributed by atoms with van der Waals surface area (Å²) in [6.07, 6.45) is 4.01. The molecule has 1 fully saturated rings. The zero-order valence-electron chi connectivity index (χ0n) is 18.6. The summed E-state index contributed by atoms with van der Waals surface area (Å²) in [6.45, 7) is 3.27. The van der Waals surface area contributed by atoms with Crippen molar-refractivity contribution >= 4 is 34.4 Å². The molecule has 168 valence electrons. The zero-order valence-corrected chi connectivity index (χ0v) is 19.3. The van der Waals surface area contributed by atoms with Gasteiger partial charge in [0, 0.05) is 54.6 Å². The number of carbonyl (C=O) groups excluding carboxylic acids is 2. The predicted octanol–water partition coefficient (Wildman–Crippen LogP) is 5.16. The number of hydrogen-bond donors (Lipinski definition) is 0. The number of esters is 1. The second kappa shape index (κ2) is 9.78. The smallest absolute Gasteiger partial charge is 0.310 e. The SMILES string of the molecule is CCOC(=O)C1CCCN(C(=O)CC(c2cccc(Cl)c2)c2cn(C)c3ccccc23)C1. The summed E-state index contributed by atoms with van der Waals surface area (Å²) in [5, 5.41) is 1.79. The second-order valence-electron chi connectivity index (χ2n) is 8.46. The fourth-order valence-corrected chi connectivity index (χ4v) is 4.94.